The summed E-state index contributed by atoms with van der Waals surface area (Å²) in [6.45, 7) is 3.76. The molecule has 3 heterocycles. The molecular formula is C16H24N4O. The Kier molecular flexibility index (Phi) is 3.65. The first kappa shape index (κ1) is 13.6. The number of morpholine rings is 1. The standard InChI is InChI=1S/C16H24N4O/c17-7-11-3-4-14-12(6-11)8-18-16(19-14)15-9-20-5-1-2-13(20)10-21-15/h8,11,13,15H,1-7,9-10,17H2. The lowest BCUT2D eigenvalue weighted by atomic mass is 9.87. The molecule has 114 valence electrons. The van der Waals surface area contributed by atoms with Crippen molar-refractivity contribution in [2.45, 2.75) is 44.2 Å². The highest BCUT2D eigenvalue weighted by molar-refractivity contribution is 5.22. The number of aromatic nitrogens is 2. The second-order valence-electron chi connectivity index (χ2n) is 6.66. The Balaban J connectivity index is 1.51. The Labute approximate surface area is 125 Å². The molecule has 1 aliphatic carbocycles. The summed E-state index contributed by atoms with van der Waals surface area (Å²) in [5.74, 6) is 1.48. The molecule has 3 atom stereocenters. The van der Waals surface area contributed by atoms with Crippen molar-refractivity contribution >= 4 is 0 Å². The zero-order chi connectivity index (χ0) is 14.2. The Morgan fingerprint density at radius 3 is 3.24 bits per heavy atom. The van der Waals surface area contributed by atoms with Gasteiger partial charge in [-0.2, -0.15) is 0 Å². The summed E-state index contributed by atoms with van der Waals surface area (Å²) >= 11 is 0. The highest BCUT2D eigenvalue weighted by atomic mass is 16.5. The summed E-state index contributed by atoms with van der Waals surface area (Å²) in [6.07, 6.45) is 7.86. The van der Waals surface area contributed by atoms with E-state index in [1.807, 2.05) is 6.20 Å². The summed E-state index contributed by atoms with van der Waals surface area (Å²) in [7, 11) is 0. The van der Waals surface area contributed by atoms with Crippen molar-refractivity contribution in [1.29, 1.82) is 0 Å². The molecule has 0 bridgehead atoms. The van der Waals surface area contributed by atoms with Crippen LogP contribution in [0.15, 0.2) is 6.20 Å². The molecule has 4 rings (SSSR count). The van der Waals surface area contributed by atoms with Crippen molar-refractivity contribution in [1.82, 2.24) is 14.9 Å². The van der Waals surface area contributed by atoms with E-state index < -0.39 is 0 Å². The molecule has 3 unspecified atom stereocenters. The molecular weight excluding hydrogens is 264 g/mol. The summed E-state index contributed by atoms with van der Waals surface area (Å²) < 4.78 is 6.02. The van der Waals surface area contributed by atoms with Gasteiger partial charge in [-0.3, -0.25) is 4.90 Å². The minimum Gasteiger partial charge on any atom is -0.367 e. The third-order valence-corrected chi connectivity index (χ3v) is 5.28. The third kappa shape index (κ3) is 2.58. The highest BCUT2D eigenvalue weighted by Gasteiger charge is 2.34. The number of ether oxygens (including phenoxy) is 1. The molecule has 0 spiro atoms. The van der Waals surface area contributed by atoms with Gasteiger partial charge in [0.25, 0.3) is 0 Å². The summed E-state index contributed by atoms with van der Waals surface area (Å²) in [6, 6.07) is 0.629. The fourth-order valence-corrected chi connectivity index (χ4v) is 3.93. The van der Waals surface area contributed by atoms with Crippen LogP contribution in [0.25, 0.3) is 0 Å². The van der Waals surface area contributed by atoms with Crippen molar-refractivity contribution in [3.8, 4) is 0 Å². The first-order valence-corrected chi connectivity index (χ1v) is 8.24. The number of nitrogens with two attached hydrogens (primary N) is 1. The van der Waals surface area contributed by atoms with Crippen LogP contribution in [0.1, 0.15) is 42.4 Å². The van der Waals surface area contributed by atoms with E-state index in [0.717, 1.165) is 44.8 Å². The normalized spacial score (nSPS) is 32.7. The first-order chi connectivity index (χ1) is 10.3. The van der Waals surface area contributed by atoms with Gasteiger partial charge >= 0.3 is 0 Å². The van der Waals surface area contributed by atoms with E-state index >= 15 is 0 Å². The van der Waals surface area contributed by atoms with E-state index in [-0.39, 0.29) is 6.10 Å². The van der Waals surface area contributed by atoms with Gasteiger partial charge in [-0.05, 0) is 56.7 Å². The zero-order valence-corrected chi connectivity index (χ0v) is 12.5. The van der Waals surface area contributed by atoms with Crippen LogP contribution in [-0.4, -0.2) is 47.2 Å². The van der Waals surface area contributed by atoms with Gasteiger partial charge in [-0.1, -0.05) is 0 Å². The van der Waals surface area contributed by atoms with Crippen LogP contribution in [0.3, 0.4) is 0 Å². The average Bonchev–Trinajstić information content (AvgIpc) is 3.01. The maximum Gasteiger partial charge on any atom is 0.158 e. The quantitative estimate of drug-likeness (QED) is 0.882. The van der Waals surface area contributed by atoms with Crippen LogP contribution >= 0.6 is 0 Å². The van der Waals surface area contributed by atoms with E-state index in [1.165, 1.54) is 30.6 Å². The fourth-order valence-electron chi connectivity index (χ4n) is 3.93. The van der Waals surface area contributed by atoms with Crippen molar-refractivity contribution in [2.75, 3.05) is 26.2 Å². The lowest BCUT2D eigenvalue weighted by molar-refractivity contribution is -0.0542. The topological polar surface area (TPSA) is 64.3 Å². The summed E-state index contributed by atoms with van der Waals surface area (Å²) in [5.41, 5.74) is 8.30. The SMILES string of the molecule is NCC1CCc2nc(C3CN4CCCC4CO3)ncc2C1. The van der Waals surface area contributed by atoms with E-state index in [2.05, 4.69) is 9.88 Å². The van der Waals surface area contributed by atoms with Gasteiger partial charge in [0.1, 0.15) is 6.10 Å². The fraction of sp³-hybridized carbons (Fsp3) is 0.750. The molecule has 21 heavy (non-hydrogen) atoms. The lowest BCUT2D eigenvalue weighted by Crippen LogP contribution is -2.43. The first-order valence-electron chi connectivity index (χ1n) is 8.24. The smallest absolute Gasteiger partial charge is 0.158 e. The van der Waals surface area contributed by atoms with Gasteiger partial charge in [0.05, 0.1) is 6.61 Å². The van der Waals surface area contributed by atoms with Crippen LogP contribution in [0.2, 0.25) is 0 Å². The van der Waals surface area contributed by atoms with Gasteiger partial charge in [-0.25, -0.2) is 9.97 Å². The van der Waals surface area contributed by atoms with E-state index in [1.54, 1.807) is 0 Å². The van der Waals surface area contributed by atoms with Gasteiger partial charge in [0, 0.05) is 24.5 Å². The molecule has 2 N–H and O–H groups in total. The van der Waals surface area contributed by atoms with E-state index in [4.69, 9.17) is 15.5 Å². The largest absolute Gasteiger partial charge is 0.367 e. The third-order valence-electron chi connectivity index (χ3n) is 5.28. The number of hydrogen-bond acceptors (Lipinski definition) is 5. The van der Waals surface area contributed by atoms with Crippen molar-refractivity contribution in [3.05, 3.63) is 23.3 Å². The molecule has 0 amide bonds. The molecule has 5 heteroatoms. The van der Waals surface area contributed by atoms with E-state index in [0.29, 0.717) is 12.0 Å². The predicted octanol–water partition coefficient (Wildman–Crippen LogP) is 1.08. The minimum absolute atomic E-state index is 0.0527. The molecule has 0 saturated carbocycles. The Morgan fingerprint density at radius 1 is 1.38 bits per heavy atom. The number of hydrogen-bond donors (Lipinski definition) is 1. The van der Waals surface area contributed by atoms with Crippen LogP contribution in [0.5, 0.6) is 0 Å². The highest BCUT2D eigenvalue weighted by Crippen LogP contribution is 2.30. The molecule has 2 saturated heterocycles. The summed E-state index contributed by atoms with van der Waals surface area (Å²) in [5, 5.41) is 0. The van der Waals surface area contributed by atoms with Crippen LogP contribution in [0.4, 0.5) is 0 Å². The van der Waals surface area contributed by atoms with Crippen molar-refractivity contribution in [3.63, 3.8) is 0 Å². The molecule has 1 aromatic rings. The van der Waals surface area contributed by atoms with Crippen LogP contribution in [0, 0.1) is 5.92 Å². The van der Waals surface area contributed by atoms with Crippen LogP contribution in [-0.2, 0) is 17.6 Å². The van der Waals surface area contributed by atoms with Gasteiger partial charge in [0.15, 0.2) is 5.82 Å². The second-order valence-corrected chi connectivity index (χ2v) is 6.66. The molecule has 0 radical (unpaired) electrons. The summed E-state index contributed by atoms with van der Waals surface area (Å²) in [4.78, 5) is 12.0. The molecule has 5 nitrogen and oxygen atoms in total. The number of fused-ring (bicyclic) bond motifs is 2. The molecule has 2 aliphatic heterocycles. The lowest BCUT2D eigenvalue weighted by Gasteiger charge is -2.34. The maximum atomic E-state index is 6.02. The van der Waals surface area contributed by atoms with Crippen LogP contribution < -0.4 is 5.73 Å². The van der Waals surface area contributed by atoms with Gasteiger partial charge in [0.2, 0.25) is 0 Å². The predicted molar refractivity (Wildman–Crippen MR) is 79.9 cm³/mol. The van der Waals surface area contributed by atoms with Gasteiger partial charge < -0.3 is 10.5 Å². The number of rotatable bonds is 2. The Hall–Kier alpha value is -1.04. The molecule has 3 aliphatic rings. The molecule has 1 aromatic heterocycles. The van der Waals surface area contributed by atoms with Crippen molar-refractivity contribution in [2.24, 2.45) is 11.7 Å². The van der Waals surface area contributed by atoms with E-state index in [9.17, 15) is 0 Å². The molecule has 2 fully saturated rings. The minimum atomic E-state index is 0.0527. The number of aryl methyl sites for hydroxylation is 1. The number of nitrogens with zero attached hydrogens (tertiary/aromatic N) is 3. The van der Waals surface area contributed by atoms with Crippen molar-refractivity contribution < 1.29 is 4.74 Å². The Bertz CT molecular complexity index is 521. The molecule has 0 aromatic carbocycles. The second kappa shape index (κ2) is 5.63. The zero-order valence-electron chi connectivity index (χ0n) is 12.5. The average molecular weight is 288 g/mol. The maximum absolute atomic E-state index is 6.02. The van der Waals surface area contributed by atoms with Gasteiger partial charge in [-0.15, -0.1) is 0 Å². The monoisotopic (exact) mass is 288 g/mol. The Morgan fingerprint density at radius 2 is 2.33 bits per heavy atom.